The molecule has 0 radical (unpaired) electrons. The third-order valence-corrected chi connectivity index (χ3v) is 8.55. The van der Waals surface area contributed by atoms with Gasteiger partial charge in [0.15, 0.2) is 0 Å². The minimum atomic E-state index is -1.03. The zero-order valence-corrected chi connectivity index (χ0v) is 22.2. The van der Waals surface area contributed by atoms with E-state index in [1.165, 1.54) is 37.0 Å². The van der Waals surface area contributed by atoms with E-state index >= 15 is 0 Å². The molecule has 0 aliphatic heterocycles. The van der Waals surface area contributed by atoms with Crippen molar-refractivity contribution in [2.24, 2.45) is 11.8 Å². The van der Waals surface area contributed by atoms with Crippen molar-refractivity contribution in [2.75, 3.05) is 37.0 Å². The van der Waals surface area contributed by atoms with Crippen LogP contribution in [-0.2, 0) is 4.74 Å². The largest absolute Gasteiger partial charge is 0.396 e. The maximum absolute atomic E-state index is 10.6. The van der Waals surface area contributed by atoms with Crippen molar-refractivity contribution >= 4 is 33.3 Å². The van der Waals surface area contributed by atoms with Crippen molar-refractivity contribution in [3.05, 3.63) is 23.7 Å². The summed E-state index contributed by atoms with van der Waals surface area (Å²) in [6.07, 6.45) is 5.29. The van der Waals surface area contributed by atoms with Crippen LogP contribution in [0.2, 0.25) is 0 Å². The lowest BCUT2D eigenvalue weighted by molar-refractivity contribution is 0.00446. The molecule has 3 heterocycles. The average Bonchev–Trinajstić information content (AvgIpc) is 3.61. The first-order chi connectivity index (χ1) is 17.9. The Hall–Kier alpha value is -2.44. The Balaban J connectivity index is 1.38. The molecule has 10 nitrogen and oxygen atoms in total. The Morgan fingerprint density at radius 3 is 2.62 bits per heavy atom. The molecule has 0 bridgehead atoms. The molecule has 5 rings (SSSR count). The van der Waals surface area contributed by atoms with Gasteiger partial charge in [0.1, 0.15) is 22.4 Å². The van der Waals surface area contributed by atoms with Gasteiger partial charge < -0.3 is 30.7 Å². The molecule has 0 saturated heterocycles. The third-order valence-electron chi connectivity index (χ3n) is 7.51. The summed E-state index contributed by atoms with van der Waals surface area (Å²) in [6, 6.07) is 1.47. The van der Waals surface area contributed by atoms with Crippen LogP contribution in [0.25, 0.3) is 20.8 Å². The van der Waals surface area contributed by atoms with Crippen LogP contribution in [0, 0.1) is 25.7 Å². The Kier molecular flexibility index (Phi) is 8.15. The SMILES string of the molecule is Cc1nc(NCCOCC2CCCC2)nc(N[C@@H]2C[C@H](CO)[C@@H](O)[C@H]2O)c1-c1nc2c(C)nccc2s1. The fraction of sp³-hybridized carbons (Fsp3) is 0.615. The van der Waals surface area contributed by atoms with Crippen LogP contribution in [0.5, 0.6) is 0 Å². The van der Waals surface area contributed by atoms with Gasteiger partial charge in [0, 0.05) is 31.9 Å². The summed E-state index contributed by atoms with van der Waals surface area (Å²) in [7, 11) is 0. The summed E-state index contributed by atoms with van der Waals surface area (Å²) < 4.78 is 6.88. The quantitative estimate of drug-likeness (QED) is 0.249. The van der Waals surface area contributed by atoms with Crippen molar-refractivity contribution in [1.29, 1.82) is 0 Å². The van der Waals surface area contributed by atoms with Gasteiger partial charge in [0.2, 0.25) is 5.95 Å². The van der Waals surface area contributed by atoms with Crippen molar-refractivity contribution in [3.63, 3.8) is 0 Å². The molecular formula is C26H36N6O4S. The molecule has 2 saturated carbocycles. The zero-order valence-electron chi connectivity index (χ0n) is 21.4. The lowest BCUT2D eigenvalue weighted by atomic mass is 10.1. The number of aliphatic hydroxyl groups is 3. The second-order valence-corrected chi connectivity index (χ2v) is 11.2. The molecule has 3 aromatic heterocycles. The minimum absolute atomic E-state index is 0.191. The first-order valence-corrected chi connectivity index (χ1v) is 13.9. The van der Waals surface area contributed by atoms with Gasteiger partial charge in [-0.3, -0.25) is 4.98 Å². The smallest absolute Gasteiger partial charge is 0.224 e. The van der Waals surface area contributed by atoms with E-state index < -0.39 is 24.2 Å². The highest BCUT2D eigenvalue weighted by Gasteiger charge is 2.41. The Morgan fingerprint density at radius 1 is 1.08 bits per heavy atom. The fourth-order valence-corrected chi connectivity index (χ4v) is 6.50. The molecule has 200 valence electrons. The number of thiazole rings is 1. The number of rotatable bonds is 10. The van der Waals surface area contributed by atoms with Crippen LogP contribution in [0.3, 0.4) is 0 Å². The predicted molar refractivity (Wildman–Crippen MR) is 144 cm³/mol. The summed E-state index contributed by atoms with van der Waals surface area (Å²) in [5.41, 5.74) is 3.18. The molecule has 37 heavy (non-hydrogen) atoms. The van der Waals surface area contributed by atoms with Gasteiger partial charge >= 0.3 is 0 Å². The second kappa shape index (κ2) is 11.5. The third kappa shape index (κ3) is 5.70. The number of anilines is 2. The Labute approximate surface area is 220 Å². The number of aryl methyl sites for hydroxylation is 2. The highest BCUT2D eigenvalue weighted by molar-refractivity contribution is 7.21. The minimum Gasteiger partial charge on any atom is -0.396 e. The van der Waals surface area contributed by atoms with E-state index in [1.807, 2.05) is 19.9 Å². The van der Waals surface area contributed by atoms with Crippen LogP contribution in [-0.4, -0.2) is 79.9 Å². The first-order valence-electron chi connectivity index (χ1n) is 13.1. The standard InChI is InChI=1S/C26H36N6O4S/c1-14-20(25-31-21-15(2)27-8-7-19(21)37-25)24(30-18-11-17(12-33)22(34)23(18)35)32-26(29-14)28-9-10-36-13-16-5-3-4-6-16/h7-8,16-18,22-23,33-35H,3-6,9-13H2,1-2H3,(H2,28,29,30,32)/t17-,18-,22-,23+/m1/s1. The van der Waals surface area contributed by atoms with E-state index in [-0.39, 0.29) is 6.61 Å². The number of fused-ring (bicyclic) bond motifs is 1. The van der Waals surface area contributed by atoms with Crippen LogP contribution in [0.1, 0.15) is 43.5 Å². The lowest BCUT2D eigenvalue weighted by Gasteiger charge is -2.21. The predicted octanol–water partition coefficient (Wildman–Crippen LogP) is 2.90. The zero-order chi connectivity index (χ0) is 25.9. The summed E-state index contributed by atoms with van der Waals surface area (Å²) in [4.78, 5) is 18.7. The number of aromatic nitrogens is 4. The topological polar surface area (TPSA) is 146 Å². The Bertz CT molecular complexity index is 1220. The number of nitrogens with zero attached hydrogens (tertiary/aromatic N) is 4. The van der Waals surface area contributed by atoms with Crippen LogP contribution < -0.4 is 10.6 Å². The van der Waals surface area contributed by atoms with Crippen LogP contribution in [0.15, 0.2) is 12.3 Å². The molecule has 5 N–H and O–H groups in total. The van der Waals surface area contributed by atoms with Crippen molar-refractivity contribution in [1.82, 2.24) is 19.9 Å². The highest BCUT2D eigenvalue weighted by Crippen LogP contribution is 2.38. The van der Waals surface area contributed by atoms with Gasteiger partial charge in [-0.05, 0) is 45.1 Å². The van der Waals surface area contributed by atoms with E-state index in [1.54, 1.807) is 6.20 Å². The van der Waals surface area contributed by atoms with Gasteiger partial charge in [-0.25, -0.2) is 9.97 Å². The number of hydrogen-bond acceptors (Lipinski definition) is 11. The molecular weight excluding hydrogens is 492 g/mol. The highest BCUT2D eigenvalue weighted by atomic mass is 32.1. The molecule has 2 aliphatic carbocycles. The molecule has 4 atom stereocenters. The summed E-state index contributed by atoms with van der Waals surface area (Å²) in [5, 5.41) is 38.0. The van der Waals surface area contributed by atoms with Gasteiger partial charge in [0.25, 0.3) is 0 Å². The summed E-state index contributed by atoms with van der Waals surface area (Å²) in [5.74, 6) is 1.27. The molecule has 2 aliphatic rings. The average molecular weight is 529 g/mol. The van der Waals surface area contributed by atoms with Crippen molar-refractivity contribution in [2.45, 2.75) is 64.2 Å². The molecule has 0 amide bonds. The van der Waals surface area contributed by atoms with Gasteiger partial charge in [-0.15, -0.1) is 11.3 Å². The second-order valence-electron chi connectivity index (χ2n) is 10.2. The fourth-order valence-electron chi connectivity index (χ4n) is 5.39. The molecule has 0 aromatic carbocycles. The number of pyridine rings is 1. The number of nitrogens with one attached hydrogen (secondary N) is 2. The molecule has 3 aromatic rings. The number of hydrogen-bond donors (Lipinski definition) is 5. The van der Waals surface area contributed by atoms with Gasteiger partial charge in [-0.1, -0.05) is 12.8 Å². The van der Waals surface area contributed by atoms with E-state index in [2.05, 4.69) is 15.6 Å². The Morgan fingerprint density at radius 2 is 1.89 bits per heavy atom. The summed E-state index contributed by atoms with van der Waals surface area (Å²) in [6.45, 7) is 5.60. The summed E-state index contributed by atoms with van der Waals surface area (Å²) >= 11 is 1.54. The monoisotopic (exact) mass is 528 g/mol. The van der Waals surface area contributed by atoms with Crippen molar-refractivity contribution in [3.8, 4) is 10.6 Å². The maximum Gasteiger partial charge on any atom is 0.224 e. The van der Waals surface area contributed by atoms with E-state index in [0.717, 1.165) is 38.8 Å². The van der Waals surface area contributed by atoms with Crippen LogP contribution >= 0.6 is 11.3 Å². The maximum atomic E-state index is 10.6. The van der Waals surface area contributed by atoms with E-state index in [0.29, 0.717) is 37.3 Å². The number of aliphatic hydroxyl groups excluding tert-OH is 3. The molecule has 11 heteroatoms. The van der Waals surface area contributed by atoms with Crippen LogP contribution in [0.4, 0.5) is 11.8 Å². The molecule has 2 fully saturated rings. The van der Waals surface area contributed by atoms with Crippen molar-refractivity contribution < 1.29 is 20.1 Å². The lowest BCUT2D eigenvalue weighted by Crippen LogP contribution is -2.35. The number of ether oxygens (including phenoxy) is 1. The van der Waals surface area contributed by atoms with Gasteiger partial charge in [-0.2, -0.15) is 4.98 Å². The van der Waals surface area contributed by atoms with E-state index in [4.69, 9.17) is 19.7 Å². The molecule has 0 unspecified atom stereocenters. The molecule has 0 spiro atoms. The van der Waals surface area contributed by atoms with Gasteiger partial charge in [0.05, 0.1) is 40.4 Å². The van der Waals surface area contributed by atoms with E-state index in [9.17, 15) is 15.3 Å². The first kappa shape index (κ1) is 26.2. The normalized spacial score (nSPS) is 24.2.